The van der Waals surface area contributed by atoms with Gasteiger partial charge in [0.25, 0.3) is 5.91 Å². The molecule has 0 aliphatic carbocycles. The summed E-state index contributed by atoms with van der Waals surface area (Å²) in [6.45, 7) is 8.43. The van der Waals surface area contributed by atoms with Crippen molar-refractivity contribution in [3.63, 3.8) is 0 Å². The van der Waals surface area contributed by atoms with Crippen LogP contribution in [0.4, 0.5) is 0 Å². The molecule has 23 heavy (non-hydrogen) atoms. The number of nitrogens with zero attached hydrogens (tertiary/aromatic N) is 1. The van der Waals surface area contributed by atoms with Gasteiger partial charge in [-0.3, -0.25) is 9.59 Å². The first-order valence-electron chi connectivity index (χ1n) is 7.96. The summed E-state index contributed by atoms with van der Waals surface area (Å²) in [5.41, 5.74) is 2.41. The van der Waals surface area contributed by atoms with Crippen molar-refractivity contribution in [1.29, 1.82) is 0 Å². The van der Waals surface area contributed by atoms with Crippen LogP contribution in [0.2, 0.25) is 0 Å². The molecule has 0 aliphatic rings. The molecule has 1 rings (SSSR count). The third kappa shape index (κ3) is 5.93. The number of hydrogen-bond acceptors (Lipinski definition) is 3. The van der Waals surface area contributed by atoms with E-state index in [0.717, 1.165) is 5.56 Å². The van der Waals surface area contributed by atoms with Gasteiger partial charge in [0.15, 0.2) is 6.10 Å². The average molecular weight is 321 g/mol. The molecule has 0 heterocycles. The van der Waals surface area contributed by atoms with E-state index in [2.05, 4.69) is 13.8 Å². The van der Waals surface area contributed by atoms with Gasteiger partial charge >= 0.3 is 5.97 Å². The van der Waals surface area contributed by atoms with Gasteiger partial charge in [0.05, 0.1) is 0 Å². The van der Waals surface area contributed by atoms with Gasteiger partial charge in [0.2, 0.25) is 0 Å². The monoisotopic (exact) mass is 321 g/mol. The van der Waals surface area contributed by atoms with Crippen LogP contribution in [0, 0.1) is 6.92 Å². The number of aryl methyl sites for hydroxylation is 1. The number of rotatable bonds is 8. The molecule has 1 aromatic rings. The molecule has 1 N–H and O–H groups in total. The Labute approximate surface area is 138 Å². The number of ether oxygens (including phenoxy) is 1. The quantitative estimate of drug-likeness (QED) is 0.798. The maximum absolute atomic E-state index is 12.2. The molecule has 5 nitrogen and oxygen atoms in total. The summed E-state index contributed by atoms with van der Waals surface area (Å²) in [7, 11) is 1.66. The maximum Gasteiger partial charge on any atom is 0.303 e. The molecule has 1 unspecified atom stereocenters. The Balaban J connectivity index is 2.60. The first-order chi connectivity index (χ1) is 10.7. The number of carbonyl (C=O) groups is 2. The van der Waals surface area contributed by atoms with Crippen molar-refractivity contribution in [3.8, 4) is 5.75 Å². The number of hydrogen-bond donors (Lipinski definition) is 1. The first kappa shape index (κ1) is 19.0. The Morgan fingerprint density at radius 2 is 1.91 bits per heavy atom. The summed E-state index contributed by atoms with van der Waals surface area (Å²) in [5, 5.41) is 8.63. The molecule has 0 aliphatic heterocycles. The molecular weight excluding hydrogens is 294 g/mol. The number of amides is 1. The predicted octanol–water partition coefficient (Wildman–Crippen LogP) is 3.21. The second-order valence-electron chi connectivity index (χ2n) is 6.19. The lowest BCUT2D eigenvalue weighted by Crippen LogP contribution is -2.38. The molecule has 0 bridgehead atoms. The highest BCUT2D eigenvalue weighted by Gasteiger charge is 2.19. The Morgan fingerprint density at radius 3 is 2.43 bits per heavy atom. The third-order valence-electron chi connectivity index (χ3n) is 3.78. The molecule has 0 saturated heterocycles. The first-order valence-corrected chi connectivity index (χ1v) is 7.96. The summed E-state index contributed by atoms with van der Waals surface area (Å²) >= 11 is 0. The second kappa shape index (κ2) is 8.56. The smallest absolute Gasteiger partial charge is 0.303 e. The highest BCUT2D eigenvalue weighted by atomic mass is 16.5. The molecule has 0 saturated carbocycles. The van der Waals surface area contributed by atoms with Gasteiger partial charge in [0, 0.05) is 20.0 Å². The minimum absolute atomic E-state index is 0.0583. The van der Waals surface area contributed by atoms with E-state index in [4.69, 9.17) is 9.84 Å². The SMILES string of the molecule is Cc1cc(OC(C)C(=O)N(C)CCCC(=O)O)ccc1C(C)C. The van der Waals surface area contributed by atoms with Gasteiger partial charge in [-0.1, -0.05) is 19.9 Å². The van der Waals surface area contributed by atoms with E-state index in [9.17, 15) is 9.59 Å². The van der Waals surface area contributed by atoms with Crippen LogP contribution < -0.4 is 4.74 Å². The van der Waals surface area contributed by atoms with Crippen molar-refractivity contribution in [1.82, 2.24) is 4.90 Å². The van der Waals surface area contributed by atoms with Crippen LogP contribution in [0.5, 0.6) is 5.75 Å². The van der Waals surface area contributed by atoms with E-state index < -0.39 is 12.1 Å². The van der Waals surface area contributed by atoms with Crippen molar-refractivity contribution >= 4 is 11.9 Å². The molecule has 0 fully saturated rings. The largest absolute Gasteiger partial charge is 0.481 e. The van der Waals surface area contributed by atoms with Crippen LogP contribution in [0.15, 0.2) is 18.2 Å². The van der Waals surface area contributed by atoms with Crippen LogP contribution in [0.25, 0.3) is 0 Å². The average Bonchev–Trinajstić information content (AvgIpc) is 2.45. The highest BCUT2D eigenvalue weighted by molar-refractivity contribution is 5.80. The van der Waals surface area contributed by atoms with Gasteiger partial charge in [0.1, 0.15) is 5.75 Å². The Bertz CT molecular complexity index is 554. The number of carboxylic acids is 1. The van der Waals surface area contributed by atoms with Crippen molar-refractivity contribution in [2.45, 2.75) is 52.6 Å². The minimum atomic E-state index is -0.851. The fourth-order valence-electron chi connectivity index (χ4n) is 2.51. The molecule has 5 heteroatoms. The van der Waals surface area contributed by atoms with Gasteiger partial charge in [-0.2, -0.15) is 0 Å². The minimum Gasteiger partial charge on any atom is -0.481 e. The van der Waals surface area contributed by atoms with Gasteiger partial charge < -0.3 is 14.7 Å². The van der Waals surface area contributed by atoms with Crippen LogP contribution >= 0.6 is 0 Å². The zero-order valence-electron chi connectivity index (χ0n) is 14.6. The Morgan fingerprint density at radius 1 is 1.26 bits per heavy atom. The molecule has 1 aromatic carbocycles. The summed E-state index contributed by atoms with van der Waals surface area (Å²) in [5.74, 6) is 0.118. The lowest BCUT2D eigenvalue weighted by molar-refractivity contribution is -0.139. The zero-order valence-corrected chi connectivity index (χ0v) is 14.6. The number of aliphatic carboxylic acids is 1. The van der Waals surface area contributed by atoms with Crippen molar-refractivity contribution in [2.24, 2.45) is 0 Å². The summed E-state index contributed by atoms with van der Waals surface area (Å²) in [6.07, 6.45) is -0.107. The normalized spacial score (nSPS) is 12.1. The molecule has 0 aromatic heterocycles. The van der Waals surface area contributed by atoms with Crippen LogP contribution in [0.1, 0.15) is 50.7 Å². The van der Waals surface area contributed by atoms with Crippen LogP contribution in [-0.4, -0.2) is 41.6 Å². The fraction of sp³-hybridized carbons (Fsp3) is 0.556. The molecule has 1 amide bonds. The maximum atomic E-state index is 12.2. The van der Waals surface area contributed by atoms with E-state index in [-0.39, 0.29) is 12.3 Å². The van der Waals surface area contributed by atoms with Gasteiger partial charge in [-0.05, 0) is 49.4 Å². The number of carbonyl (C=O) groups excluding carboxylic acids is 1. The van der Waals surface area contributed by atoms with Gasteiger partial charge in [-0.25, -0.2) is 0 Å². The van der Waals surface area contributed by atoms with E-state index in [1.807, 2.05) is 25.1 Å². The third-order valence-corrected chi connectivity index (χ3v) is 3.78. The highest BCUT2D eigenvalue weighted by Crippen LogP contribution is 2.24. The standard InChI is InChI=1S/C18H27NO4/c1-12(2)16-9-8-15(11-13(16)3)23-14(4)18(22)19(5)10-6-7-17(20)21/h8-9,11-12,14H,6-7,10H2,1-5H3,(H,20,21). The van der Waals surface area contributed by atoms with E-state index in [1.165, 1.54) is 10.5 Å². The van der Waals surface area contributed by atoms with Crippen LogP contribution in [0.3, 0.4) is 0 Å². The van der Waals surface area contributed by atoms with Crippen molar-refractivity contribution < 1.29 is 19.4 Å². The van der Waals surface area contributed by atoms with E-state index >= 15 is 0 Å². The zero-order chi connectivity index (χ0) is 17.6. The Kier molecular flexibility index (Phi) is 7.07. The number of benzene rings is 1. The summed E-state index contributed by atoms with van der Waals surface area (Å²) in [4.78, 5) is 24.3. The number of likely N-dealkylation sites (N-methyl/N-ethyl adjacent to an activating group) is 1. The van der Waals surface area contributed by atoms with Gasteiger partial charge in [-0.15, -0.1) is 0 Å². The van der Waals surface area contributed by atoms with E-state index in [1.54, 1.807) is 14.0 Å². The number of carboxylic acid groups (broad SMARTS) is 1. The van der Waals surface area contributed by atoms with Crippen molar-refractivity contribution in [2.75, 3.05) is 13.6 Å². The van der Waals surface area contributed by atoms with Crippen molar-refractivity contribution in [3.05, 3.63) is 29.3 Å². The lowest BCUT2D eigenvalue weighted by Gasteiger charge is -2.22. The predicted molar refractivity (Wildman–Crippen MR) is 89.9 cm³/mol. The summed E-state index contributed by atoms with van der Waals surface area (Å²) < 4.78 is 5.73. The molecule has 128 valence electrons. The molecule has 0 spiro atoms. The van der Waals surface area contributed by atoms with E-state index in [0.29, 0.717) is 24.6 Å². The van der Waals surface area contributed by atoms with Crippen LogP contribution in [-0.2, 0) is 9.59 Å². The topological polar surface area (TPSA) is 66.8 Å². The lowest BCUT2D eigenvalue weighted by atomic mass is 9.98. The molecule has 0 radical (unpaired) electrons. The Hall–Kier alpha value is -2.04. The fourth-order valence-corrected chi connectivity index (χ4v) is 2.51. The molecular formula is C18H27NO4. The molecule has 1 atom stereocenters. The summed E-state index contributed by atoms with van der Waals surface area (Å²) in [6, 6.07) is 5.86. The second-order valence-corrected chi connectivity index (χ2v) is 6.19.